The topological polar surface area (TPSA) is 102 Å². The monoisotopic (exact) mass is 308 g/mol. The number of nitrogens with zero attached hydrogens (tertiary/aromatic N) is 4. The summed E-state index contributed by atoms with van der Waals surface area (Å²) in [5.74, 6) is 0.736. The molecule has 3 N–H and O–H groups in total. The first-order valence-electron chi connectivity index (χ1n) is 5.60. The van der Waals surface area contributed by atoms with Gasteiger partial charge < -0.3 is 5.73 Å². The summed E-state index contributed by atoms with van der Waals surface area (Å²) in [5.41, 5.74) is 6.45. The highest BCUT2D eigenvalue weighted by molar-refractivity contribution is 7.98. The van der Waals surface area contributed by atoms with Gasteiger partial charge in [-0.1, -0.05) is 23.4 Å². The molecule has 0 bridgehead atoms. The predicted octanol–water partition coefficient (Wildman–Crippen LogP) is 1.34. The summed E-state index contributed by atoms with van der Waals surface area (Å²) in [6.45, 7) is 0. The van der Waals surface area contributed by atoms with Crippen LogP contribution in [0.4, 0.5) is 5.95 Å². The molecule has 9 heteroatoms. The van der Waals surface area contributed by atoms with Crippen molar-refractivity contribution in [3.8, 4) is 0 Å². The van der Waals surface area contributed by atoms with Crippen LogP contribution in [0.1, 0.15) is 5.69 Å². The van der Waals surface area contributed by atoms with Gasteiger partial charge in [0.15, 0.2) is 0 Å². The molecular formula is C11H9ClN6OS. The standard InChI is InChI=1S/C11H9ClN6OS/c12-6-1-2-8-14-7(3-9(19)18(8)4-6)5-20-11-15-10(13)16-17-11/h1-4H,5H2,(H3,13,15,16,17). The van der Waals surface area contributed by atoms with Gasteiger partial charge in [0.2, 0.25) is 11.1 Å². The van der Waals surface area contributed by atoms with Crippen molar-refractivity contribution in [2.75, 3.05) is 5.73 Å². The number of rotatable bonds is 3. The van der Waals surface area contributed by atoms with Crippen molar-refractivity contribution in [1.82, 2.24) is 24.6 Å². The lowest BCUT2D eigenvalue weighted by Crippen LogP contribution is -2.15. The molecule has 0 aliphatic heterocycles. The molecule has 0 unspecified atom stereocenters. The van der Waals surface area contributed by atoms with Gasteiger partial charge in [0.25, 0.3) is 5.56 Å². The minimum absolute atomic E-state index is 0.178. The summed E-state index contributed by atoms with van der Waals surface area (Å²) >= 11 is 7.20. The molecule has 0 aliphatic carbocycles. The number of nitrogen functional groups attached to an aromatic ring is 1. The van der Waals surface area contributed by atoms with E-state index in [0.29, 0.717) is 27.3 Å². The molecule has 0 aliphatic rings. The van der Waals surface area contributed by atoms with Gasteiger partial charge in [-0.3, -0.25) is 9.20 Å². The Morgan fingerprint density at radius 3 is 3.00 bits per heavy atom. The van der Waals surface area contributed by atoms with E-state index in [-0.39, 0.29) is 11.5 Å². The van der Waals surface area contributed by atoms with Crippen molar-refractivity contribution in [3.05, 3.63) is 45.5 Å². The van der Waals surface area contributed by atoms with Crippen LogP contribution in [0, 0.1) is 0 Å². The number of hydrogen-bond acceptors (Lipinski definition) is 6. The van der Waals surface area contributed by atoms with E-state index in [1.54, 1.807) is 18.3 Å². The number of nitrogens with one attached hydrogen (secondary N) is 1. The lowest BCUT2D eigenvalue weighted by atomic mass is 10.4. The first-order chi connectivity index (χ1) is 9.61. The average Bonchev–Trinajstić information content (AvgIpc) is 2.83. The molecule has 3 aromatic rings. The molecule has 0 fully saturated rings. The van der Waals surface area contributed by atoms with Crippen LogP contribution in [0.3, 0.4) is 0 Å². The number of fused-ring (bicyclic) bond motifs is 1. The second-order valence-corrected chi connectivity index (χ2v) is 5.33. The third-order valence-electron chi connectivity index (χ3n) is 2.51. The lowest BCUT2D eigenvalue weighted by Gasteiger charge is -2.03. The molecule has 20 heavy (non-hydrogen) atoms. The highest BCUT2D eigenvalue weighted by atomic mass is 35.5. The molecule has 3 rings (SSSR count). The molecule has 0 atom stereocenters. The van der Waals surface area contributed by atoms with Crippen LogP contribution < -0.4 is 11.3 Å². The molecule has 3 aromatic heterocycles. The number of nitrogens with two attached hydrogens (primary N) is 1. The number of hydrogen-bond donors (Lipinski definition) is 2. The van der Waals surface area contributed by atoms with Crippen LogP contribution in [-0.4, -0.2) is 24.6 Å². The zero-order valence-corrected chi connectivity index (χ0v) is 11.6. The molecule has 3 heterocycles. The fraction of sp³-hybridized carbons (Fsp3) is 0.0909. The summed E-state index contributed by atoms with van der Waals surface area (Å²) in [7, 11) is 0. The number of aromatic nitrogens is 5. The van der Waals surface area contributed by atoms with E-state index in [9.17, 15) is 4.79 Å². The molecule has 0 radical (unpaired) electrons. The van der Waals surface area contributed by atoms with E-state index >= 15 is 0 Å². The van der Waals surface area contributed by atoms with Crippen molar-refractivity contribution in [2.45, 2.75) is 10.9 Å². The summed E-state index contributed by atoms with van der Waals surface area (Å²) < 4.78 is 1.40. The van der Waals surface area contributed by atoms with Gasteiger partial charge in [-0.15, -0.1) is 5.10 Å². The summed E-state index contributed by atoms with van der Waals surface area (Å²) in [6, 6.07) is 4.85. The van der Waals surface area contributed by atoms with Gasteiger partial charge in [0, 0.05) is 18.0 Å². The third kappa shape index (κ3) is 2.61. The van der Waals surface area contributed by atoms with Crippen molar-refractivity contribution in [3.63, 3.8) is 0 Å². The highest BCUT2D eigenvalue weighted by Gasteiger charge is 2.06. The molecule has 102 valence electrons. The second-order valence-electron chi connectivity index (χ2n) is 3.95. The van der Waals surface area contributed by atoms with Crippen LogP contribution in [0.5, 0.6) is 0 Å². The maximum absolute atomic E-state index is 12.0. The fourth-order valence-corrected chi connectivity index (χ4v) is 2.52. The Kier molecular flexibility index (Phi) is 3.33. The van der Waals surface area contributed by atoms with Gasteiger partial charge >= 0.3 is 0 Å². The van der Waals surface area contributed by atoms with Crippen molar-refractivity contribution in [2.24, 2.45) is 0 Å². The zero-order valence-electron chi connectivity index (χ0n) is 10.1. The Bertz CT molecular complexity index is 829. The van der Waals surface area contributed by atoms with Crippen LogP contribution >= 0.6 is 23.4 Å². The quantitative estimate of drug-likeness (QED) is 0.708. The van der Waals surface area contributed by atoms with Crippen LogP contribution in [0.2, 0.25) is 5.02 Å². The molecule has 0 aromatic carbocycles. The van der Waals surface area contributed by atoms with Crippen molar-refractivity contribution < 1.29 is 0 Å². The maximum atomic E-state index is 12.0. The minimum Gasteiger partial charge on any atom is -0.368 e. The minimum atomic E-state index is -0.178. The fourth-order valence-electron chi connectivity index (χ4n) is 1.66. The molecule has 7 nitrogen and oxygen atoms in total. The Labute approximate surface area is 122 Å². The summed E-state index contributed by atoms with van der Waals surface area (Å²) in [6.07, 6.45) is 1.54. The van der Waals surface area contributed by atoms with Gasteiger partial charge in [-0.25, -0.2) is 10.1 Å². The molecule has 0 saturated carbocycles. The Morgan fingerprint density at radius 1 is 1.40 bits per heavy atom. The average molecular weight is 309 g/mol. The van der Waals surface area contributed by atoms with Gasteiger partial charge in [0.05, 0.1) is 10.7 Å². The van der Waals surface area contributed by atoms with Gasteiger partial charge in [0.1, 0.15) is 5.65 Å². The van der Waals surface area contributed by atoms with E-state index in [2.05, 4.69) is 20.2 Å². The van der Waals surface area contributed by atoms with E-state index in [4.69, 9.17) is 17.3 Å². The molecular weight excluding hydrogens is 300 g/mol. The first-order valence-corrected chi connectivity index (χ1v) is 6.97. The largest absolute Gasteiger partial charge is 0.368 e. The van der Waals surface area contributed by atoms with Crippen LogP contribution in [0.25, 0.3) is 5.65 Å². The SMILES string of the molecule is Nc1nc(SCc2cc(=O)n3cc(Cl)ccc3n2)n[nH]1. The molecule has 0 spiro atoms. The number of aromatic amines is 1. The van der Waals surface area contributed by atoms with E-state index < -0.39 is 0 Å². The molecule has 0 saturated heterocycles. The maximum Gasteiger partial charge on any atom is 0.258 e. The summed E-state index contributed by atoms with van der Waals surface area (Å²) in [5, 5.41) is 7.45. The number of H-pyrrole nitrogens is 1. The predicted molar refractivity (Wildman–Crippen MR) is 76.8 cm³/mol. The number of anilines is 1. The van der Waals surface area contributed by atoms with Gasteiger partial charge in [-0.05, 0) is 12.1 Å². The Hall–Kier alpha value is -2.06. The van der Waals surface area contributed by atoms with E-state index in [1.165, 1.54) is 22.2 Å². The highest BCUT2D eigenvalue weighted by Crippen LogP contribution is 2.18. The van der Waals surface area contributed by atoms with Crippen molar-refractivity contribution in [1.29, 1.82) is 0 Å². The van der Waals surface area contributed by atoms with Crippen molar-refractivity contribution >= 4 is 35.0 Å². The number of thioether (sulfide) groups is 1. The van der Waals surface area contributed by atoms with E-state index in [0.717, 1.165) is 0 Å². The smallest absolute Gasteiger partial charge is 0.258 e. The van der Waals surface area contributed by atoms with Crippen LogP contribution in [-0.2, 0) is 5.75 Å². The van der Waals surface area contributed by atoms with Gasteiger partial charge in [-0.2, -0.15) is 4.98 Å². The normalized spacial score (nSPS) is 11.1. The second kappa shape index (κ2) is 5.14. The third-order valence-corrected chi connectivity index (χ3v) is 3.61. The zero-order chi connectivity index (χ0) is 14.1. The Balaban J connectivity index is 1.89. The lowest BCUT2D eigenvalue weighted by molar-refractivity contribution is 0.968. The first kappa shape index (κ1) is 12.9. The number of pyridine rings is 1. The summed E-state index contributed by atoms with van der Waals surface area (Å²) in [4.78, 5) is 20.3. The number of halogens is 1. The molecule has 0 amide bonds. The van der Waals surface area contributed by atoms with E-state index in [1.807, 2.05) is 0 Å². The van der Waals surface area contributed by atoms with Crippen LogP contribution in [0.15, 0.2) is 34.3 Å². The Morgan fingerprint density at radius 2 is 2.25 bits per heavy atom.